The van der Waals surface area contributed by atoms with Crippen LogP contribution in [0.2, 0.25) is 0 Å². The molecule has 3 aliphatic carbocycles. The molecule has 2 saturated carbocycles. The fraction of sp³-hybridized carbons (Fsp3) is 0.381. The number of halogens is 2. The van der Waals surface area contributed by atoms with E-state index < -0.39 is 18.1 Å². The first-order chi connectivity index (χ1) is 28.0. The minimum atomic E-state index is -3.27. The molecule has 2 aromatic heterocycles. The number of benzene rings is 3. The molecule has 3 aromatic carbocycles. The summed E-state index contributed by atoms with van der Waals surface area (Å²) in [6, 6.07) is 15.3. The number of ether oxygens (including phenoxy) is 2. The van der Waals surface area contributed by atoms with Crippen LogP contribution in [0, 0.1) is 11.3 Å². The van der Waals surface area contributed by atoms with Gasteiger partial charge in [-0.3, -0.25) is 9.59 Å². The highest BCUT2D eigenvalue weighted by molar-refractivity contribution is 5.88. The van der Waals surface area contributed by atoms with Crippen LogP contribution >= 0.6 is 0 Å². The summed E-state index contributed by atoms with van der Waals surface area (Å²) in [6.45, 7) is 0.202. The monoisotopic (exact) mass is 790 g/mol. The van der Waals surface area contributed by atoms with Gasteiger partial charge in [-0.05, 0) is 84.5 Å². The number of nitrogens with zero attached hydrogens (tertiary/aromatic N) is 4. The minimum Gasteiger partial charge on any atom is -0.453 e. The summed E-state index contributed by atoms with van der Waals surface area (Å²) in [7, 11) is 2.48. The molecule has 2 saturated heterocycles. The molecule has 1 unspecified atom stereocenters. The molecule has 4 fully saturated rings. The van der Waals surface area contributed by atoms with Gasteiger partial charge in [0.2, 0.25) is 11.8 Å². The molecule has 4 N–H and O–H groups in total. The molecular weight excluding hydrogens is 751 g/mol. The highest BCUT2D eigenvalue weighted by Crippen LogP contribution is 2.64. The summed E-state index contributed by atoms with van der Waals surface area (Å²) >= 11 is 0. The third-order valence-corrected chi connectivity index (χ3v) is 12.9. The first kappa shape index (κ1) is 36.0. The largest absolute Gasteiger partial charge is 0.453 e. The Morgan fingerprint density at radius 3 is 2.19 bits per heavy atom. The van der Waals surface area contributed by atoms with Crippen molar-refractivity contribution in [1.29, 1.82) is 0 Å². The number of aromatic amines is 2. The second kappa shape index (κ2) is 13.1. The van der Waals surface area contributed by atoms with E-state index in [0.717, 1.165) is 43.2 Å². The number of aromatic nitrogens is 4. The molecule has 298 valence electrons. The van der Waals surface area contributed by atoms with Crippen LogP contribution in [0.5, 0.6) is 0 Å². The van der Waals surface area contributed by atoms with E-state index >= 15 is 8.78 Å². The average molecular weight is 791 g/mol. The number of nitrogens with one attached hydrogen (secondary N) is 4. The Bertz CT molecular complexity index is 2550. The molecule has 5 aromatic rings. The lowest BCUT2D eigenvalue weighted by atomic mass is 9.84. The fourth-order valence-corrected chi connectivity index (χ4v) is 9.87. The predicted molar refractivity (Wildman–Crippen MR) is 205 cm³/mol. The lowest BCUT2D eigenvalue weighted by Crippen LogP contribution is -2.56. The molecule has 4 heterocycles. The van der Waals surface area contributed by atoms with Gasteiger partial charge >= 0.3 is 12.2 Å². The van der Waals surface area contributed by atoms with Crippen molar-refractivity contribution in [3.8, 4) is 33.5 Å². The van der Waals surface area contributed by atoms with Gasteiger partial charge in [0.25, 0.3) is 5.92 Å². The number of imidazole rings is 2. The van der Waals surface area contributed by atoms with E-state index in [1.54, 1.807) is 35.4 Å². The van der Waals surface area contributed by atoms with Gasteiger partial charge in [0, 0.05) is 34.7 Å². The zero-order chi connectivity index (χ0) is 40.1. The van der Waals surface area contributed by atoms with Gasteiger partial charge in [-0.1, -0.05) is 30.3 Å². The number of alkyl halides is 2. The Kier molecular flexibility index (Phi) is 8.15. The number of fused-ring (bicyclic) bond motifs is 6. The number of likely N-dealkylation sites (tertiary alicyclic amines) is 2. The van der Waals surface area contributed by atoms with E-state index in [2.05, 4.69) is 35.1 Å². The van der Waals surface area contributed by atoms with Crippen LogP contribution in [0.25, 0.3) is 44.5 Å². The molecule has 2 aliphatic heterocycles. The van der Waals surface area contributed by atoms with E-state index in [1.165, 1.54) is 20.3 Å². The summed E-state index contributed by atoms with van der Waals surface area (Å²) in [4.78, 5) is 69.1. The van der Waals surface area contributed by atoms with Crippen molar-refractivity contribution in [2.45, 2.75) is 56.2 Å². The third-order valence-electron chi connectivity index (χ3n) is 12.9. The van der Waals surface area contributed by atoms with Crippen LogP contribution in [-0.4, -0.2) is 93.6 Å². The number of alkyl carbamates (subject to hydrolysis) is 2. The van der Waals surface area contributed by atoms with Crippen LogP contribution in [0.15, 0.2) is 60.8 Å². The predicted octanol–water partition coefficient (Wildman–Crippen LogP) is 6.17. The van der Waals surface area contributed by atoms with Crippen molar-refractivity contribution >= 4 is 35.0 Å². The van der Waals surface area contributed by atoms with Gasteiger partial charge in [-0.25, -0.2) is 19.6 Å². The number of methoxy groups -OCH3 is 2. The van der Waals surface area contributed by atoms with Crippen LogP contribution in [0.3, 0.4) is 0 Å². The minimum absolute atomic E-state index is 0.0621. The van der Waals surface area contributed by atoms with Gasteiger partial charge in [0.15, 0.2) is 0 Å². The number of rotatable bonds is 8. The SMILES string of the molecule is COC(=O)NCC(=O)N1CC2(CC2)C1c1ncc(-c2ccc3c(c2)C(F)(F)c2cc(-c4ccc5nc([C@@H]6[C@H]7CC[C@H](C7)N6C(=O)CNC(=O)OC)[nH]c5c4)ccc2-3)[nH]1. The zero-order valence-corrected chi connectivity index (χ0v) is 31.7. The molecule has 4 atom stereocenters. The van der Waals surface area contributed by atoms with E-state index in [4.69, 9.17) is 4.98 Å². The standard InChI is InChI=1S/C42H40F2N8O6/c1-57-39(55)46-18-33(53)51-20-41(11-12-41)36(51)38-45-17-32(50-38)23-5-9-27-26-8-4-21(14-28(26)42(43,44)29(27)15-23)22-6-10-30-31(16-22)49-37(48-30)35-24-3-7-25(13-24)52(35)34(54)19-47-40(56)58-2/h4-6,8-10,14-17,24-25,35-36H,3,7,11-13,18-20H2,1-2H3,(H,45,50)(H,46,55)(H,47,56)(H,48,49)/t24-,25+,35-,36?/m0/s1. The van der Waals surface area contributed by atoms with Crippen molar-refractivity contribution in [2.75, 3.05) is 33.9 Å². The molecule has 14 nitrogen and oxygen atoms in total. The van der Waals surface area contributed by atoms with Gasteiger partial charge in [0.05, 0.1) is 49.2 Å². The van der Waals surface area contributed by atoms with Crippen molar-refractivity contribution in [2.24, 2.45) is 11.3 Å². The highest BCUT2D eigenvalue weighted by atomic mass is 19.3. The molecule has 1 spiro atoms. The van der Waals surface area contributed by atoms with E-state index in [-0.39, 0.29) is 65.5 Å². The van der Waals surface area contributed by atoms with Gasteiger partial charge in [-0.2, -0.15) is 8.78 Å². The molecule has 4 amide bonds. The van der Waals surface area contributed by atoms with E-state index in [0.29, 0.717) is 51.7 Å². The molecular formula is C42H40F2N8O6. The molecule has 58 heavy (non-hydrogen) atoms. The van der Waals surface area contributed by atoms with Crippen LogP contribution in [0.1, 0.15) is 67.0 Å². The number of piperidine rings is 1. The smallest absolute Gasteiger partial charge is 0.407 e. The third kappa shape index (κ3) is 5.62. The molecule has 5 aliphatic rings. The Labute approximate surface area is 330 Å². The molecule has 10 rings (SSSR count). The Hall–Kier alpha value is -6.32. The first-order valence-electron chi connectivity index (χ1n) is 19.4. The number of carbonyl (C=O) groups excluding carboxylic acids is 4. The molecule has 0 radical (unpaired) electrons. The van der Waals surface area contributed by atoms with E-state index in [9.17, 15) is 19.2 Å². The lowest BCUT2D eigenvalue weighted by Gasteiger charge is -2.48. The summed E-state index contributed by atoms with van der Waals surface area (Å²) in [5, 5.41) is 4.93. The van der Waals surface area contributed by atoms with Crippen molar-refractivity contribution < 1.29 is 37.4 Å². The molecule has 16 heteroatoms. The quantitative estimate of drug-likeness (QED) is 0.144. The fourth-order valence-electron chi connectivity index (χ4n) is 9.87. The topological polar surface area (TPSA) is 175 Å². The summed E-state index contributed by atoms with van der Waals surface area (Å²) in [5.41, 5.74) is 4.61. The normalized spacial score (nSPS) is 22.7. The summed E-state index contributed by atoms with van der Waals surface area (Å²) < 4.78 is 42.1. The number of amides is 4. The average Bonchev–Trinajstić information content (AvgIpc) is 3.65. The van der Waals surface area contributed by atoms with Crippen molar-refractivity contribution in [1.82, 2.24) is 40.4 Å². The Morgan fingerprint density at radius 2 is 1.48 bits per heavy atom. The van der Waals surface area contributed by atoms with Crippen LogP contribution in [-0.2, 0) is 25.0 Å². The summed E-state index contributed by atoms with van der Waals surface area (Å²) in [6.07, 6.45) is 4.90. The maximum absolute atomic E-state index is 16.5. The number of hydrogen-bond acceptors (Lipinski definition) is 8. The van der Waals surface area contributed by atoms with Gasteiger partial charge < -0.3 is 39.9 Å². The Morgan fingerprint density at radius 1 is 0.828 bits per heavy atom. The zero-order valence-electron chi connectivity index (χ0n) is 31.7. The molecule has 2 bridgehead atoms. The second-order valence-corrected chi connectivity index (χ2v) is 16.1. The van der Waals surface area contributed by atoms with Crippen molar-refractivity contribution in [3.63, 3.8) is 0 Å². The van der Waals surface area contributed by atoms with Crippen LogP contribution < -0.4 is 10.6 Å². The summed E-state index contributed by atoms with van der Waals surface area (Å²) in [5.74, 6) is -2.23. The first-order valence-corrected chi connectivity index (χ1v) is 19.4. The maximum atomic E-state index is 16.5. The number of hydrogen-bond donors (Lipinski definition) is 4. The number of carbonyl (C=O) groups is 4. The van der Waals surface area contributed by atoms with E-state index in [1.807, 2.05) is 29.2 Å². The van der Waals surface area contributed by atoms with Crippen molar-refractivity contribution in [3.05, 3.63) is 83.6 Å². The second-order valence-electron chi connectivity index (χ2n) is 16.1. The Balaban J connectivity index is 0.888. The highest BCUT2D eigenvalue weighted by Gasteiger charge is 2.63. The number of H-pyrrole nitrogens is 2. The van der Waals surface area contributed by atoms with Crippen LogP contribution in [0.4, 0.5) is 18.4 Å². The van der Waals surface area contributed by atoms with Gasteiger partial charge in [-0.15, -0.1) is 0 Å². The maximum Gasteiger partial charge on any atom is 0.407 e. The van der Waals surface area contributed by atoms with Gasteiger partial charge in [0.1, 0.15) is 24.7 Å². The lowest BCUT2D eigenvalue weighted by molar-refractivity contribution is -0.145.